The van der Waals surface area contributed by atoms with Gasteiger partial charge in [-0.25, -0.2) is 0 Å². The largest absolute Gasteiger partial charge is 0.355 e. The fraction of sp³-hybridized carbons (Fsp3) is 0.923. The van der Waals surface area contributed by atoms with Crippen molar-refractivity contribution in [2.24, 2.45) is 17.6 Å². The van der Waals surface area contributed by atoms with Crippen LogP contribution in [0.25, 0.3) is 0 Å². The first-order valence-corrected chi connectivity index (χ1v) is 6.76. The van der Waals surface area contributed by atoms with Crippen LogP contribution in [0.5, 0.6) is 0 Å². The molecule has 0 radical (unpaired) electrons. The topological polar surface area (TPSA) is 58.4 Å². The summed E-state index contributed by atoms with van der Waals surface area (Å²) in [6, 6.07) is -0.0787. The number of carbonyl (C=O) groups is 1. The molecule has 1 amide bonds. The summed E-state index contributed by atoms with van der Waals surface area (Å²) in [5, 5.41) is 2.97. The van der Waals surface area contributed by atoms with E-state index in [0.717, 1.165) is 19.0 Å². The first kappa shape index (κ1) is 21.3. The van der Waals surface area contributed by atoms with Gasteiger partial charge in [-0.3, -0.25) is 4.79 Å². The number of hydrogen-bond acceptors (Lipinski definition) is 3. The number of piperidine rings is 1. The van der Waals surface area contributed by atoms with Crippen LogP contribution < -0.4 is 11.1 Å². The van der Waals surface area contributed by atoms with Crippen LogP contribution in [0, 0.1) is 11.8 Å². The van der Waals surface area contributed by atoms with Gasteiger partial charge in [-0.15, -0.1) is 24.8 Å². The SMILES string of the molecule is CC1CCCN(CCNC(=O)C(C)C(C)N)C1.Cl.Cl. The van der Waals surface area contributed by atoms with Gasteiger partial charge in [-0.05, 0) is 32.2 Å². The highest BCUT2D eigenvalue weighted by atomic mass is 35.5. The van der Waals surface area contributed by atoms with Gasteiger partial charge in [0.1, 0.15) is 0 Å². The number of carbonyl (C=O) groups excluding carboxylic acids is 1. The number of hydrogen-bond donors (Lipinski definition) is 2. The van der Waals surface area contributed by atoms with Gasteiger partial charge in [0.05, 0.1) is 0 Å². The Morgan fingerprint density at radius 1 is 1.42 bits per heavy atom. The summed E-state index contributed by atoms with van der Waals surface area (Å²) in [6.45, 7) is 10.1. The summed E-state index contributed by atoms with van der Waals surface area (Å²) in [5.74, 6) is 0.766. The van der Waals surface area contributed by atoms with Gasteiger partial charge in [0.25, 0.3) is 0 Å². The lowest BCUT2D eigenvalue weighted by atomic mass is 10.0. The monoisotopic (exact) mass is 313 g/mol. The summed E-state index contributed by atoms with van der Waals surface area (Å²) >= 11 is 0. The van der Waals surface area contributed by atoms with E-state index in [-0.39, 0.29) is 42.7 Å². The maximum atomic E-state index is 11.7. The zero-order valence-corrected chi connectivity index (χ0v) is 13.9. The van der Waals surface area contributed by atoms with Crippen molar-refractivity contribution in [3.05, 3.63) is 0 Å². The average Bonchev–Trinajstić information content (AvgIpc) is 2.27. The predicted octanol–water partition coefficient (Wildman–Crippen LogP) is 1.66. The van der Waals surface area contributed by atoms with Crippen molar-refractivity contribution in [3.63, 3.8) is 0 Å². The lowest BCUT2D eigenvalue weighted by molar-refractivity contribution is -0.125. The molecule has 3 unspecified atom stereocenters. The molecule has 1 aliphatic rings. The van der Waals surface area contributed by atoms with Crippen LogP contribution in [0.2, 0.25) is 0 Å². The number of nitrogens with one attached hydrogen (secondary N) is 1. The Kier molecular flexibility index (Phi) is 12.0. The van der Waals surface area contributed by atoms with Gasteiger partial charge < -0.3 is 16.0 Å². The van der Waals surface area contributed by atoms with Crippen molar-refractivity contribution in [2.45, 2.75) is 39.7 Å². The first-order valence-electron chi connectivity index (χ1n) is 6.76. The maximum Gasteiger partial charge on any atom is 0.224 e. The van der Waals surface area contributed by atoms with E-state index in [1.165, 1.54) is 25.9 Å². The standard InChI is InChI=1S/C13H27N3O.2ClH/c1-10-5-4-7-16(9-10)8-6-15-13(17)11(2)12(3)14;;/h10-12H,4-9,14H2,1-3H3,(H,15,17);2*1H. The van der Waals surface area contributed by atoms with Gasteiger partial charge in [0, 0.05) is 31.6 Å². The molecule has 19 heavy (non-hydrogen) atoms. The van der Waals surface area contributed by atoms with E-state index in [9.17, 15) is 4.79 Å². The second-order valence-electron chi connectivity index (χ2n) is 5.49. The number of rotatable bonds is 5. The fourth-order valence-corrected chi connectivity index (χ4v) is 2.23. The van der Waals surface area contributed by atoms with E-state index in [1.54, 1.807) is 0 Å². The number of amides is 1. The predicted molar refractivity (Wildman–Crippen MR) is 85.2 cm³/mol. The summed E-state index contributed by atoms with van der Waals surface area (Å²) in [7, 11) is 0. The average molecular weight is 314 g/mol. The van der Waals surface area contributed by atoms with Gasteiger partial charge in [0.15, 0.2) is 0 Å². The molecule has 0 saturated carbocycles. The third kappa shape index (κ3) is 7.98. The van der Waals surface area contributed by atoms with E-state index in [1.807, 2.05) is 13.8 Å². The number of nitrogens with two attached hydrogens (primary N) is 1. The fourth-order valence-electron chi connectivity index (χ4n) is 2.23. The molecule has 1 rings (SSSR count). The Morgan fingerprint density at radius 3 is 2.58 bits per heavy atom. The van der Waals surface area contributed by atoms with Crippen molar-refractivity contribution in [1.29, 1.82) is 0 Å². The van der Waals surface area contributed by atoms with Crippen LogP contribution in [0.4, 0.5) is 0 Å². The van der Waals surface area contributed by atoms with Crippen LogP contribution in [-0.4, -0.2) is 43.0 Å². The second-order valence-corrected chi connectivity index (χ2v) is 5.49. The molecule has 3 N–H and O–H groups in total. The molecule has 0 aromatic heterocycles. The summed E-state index contributed by atoms with van der Waals surface area (Å²) in [4.78, 5) is 14.1. The zero-order chi connectivity index (χ0) is 12.8. The van der Waals surface area contributed by atoms with Crippen molar-refractivity contribution in [2.75, 3.05) is 26.2 Å². The van der Waals surface area contributed by atoms with Crippen LogP contribution in [0.1, 0.15) is 33.6 Å². The number of nitrogens with zero attached hydrogens (tertiary/aromatic N) is 1. The van der Waals surface area contributed by atoms with E-state index in [2.05, 4.69) is 17.1 Å². The molecule has 0 aromatic rings. The molecule has 0 bridgehead atoms. The van der Waals surface area contributed by atoms with Gasteiger partial charge in [-0.2, -0.15) is 0 Å². The van der Waals surface area contributed by atoms with Crippen LogP contribution in [0.15, 0.2) is 0 Å². The van der Waals surface area contributed by atoms with Crippen LogP contribution in [0.3, 0.4) is 0 Å². The van der Waals surface area contributed by atoms with E-state index in [0.29, 0.717) is 0 Å². The molecule has 3 atom stereocenters. The first-order chi connectivity index (χ1) is 8.00. The highest BCUT2D eigenvalue weighted by molar-refractivity contribution is 5.85. The molecule has 0 spiro atoms. The molecule has 1 saturated heterocycles. The molecule has 1 aliphatic heterocycles. The number of halogens is 2. The second kappa shape index (κ2) is 10.7. The Hall–Kier alpha value is -0.0300. The smallest absolute Gasteiger partial charge is 0.224 e. The van der Waals surface area contributed by atoms with Crippen molar-refractivity contribution >= 4 is 30.7 Å². The quantitative estimate of drug-likeness (QED) is 0.811. The third-order valence-electron chi connectivity index (χ3n) is 3.67. The summed E-state index contributed by atoms with van der Waals surface area (Å²) in [6.07, 6.45) is 2.62. The van der Waals surface area contributed by atoms with Gasteiger partial charge in [0.2, 0.25) is 5.91 Å². The number of likely N-dealkylation sites (tertiary alicyclic amines) is 1. The minimum atomic E-state index is -0.102. The van der Waals surface area contributed by atoms with E-state index < -0.39 is 0 Å². The van der Waals surface area contributed by atoms with Crippen LogP contribution in [-0.2, 0) is 4.79 Å². The van der Waals surface area contributed by atoms with Crippen molar-refractivity contribution in [3.8, 4) is 0 Å². The lowest BCUT2D eigenvalue weighted by Gasteiger charge is -2.30. The maximum absolute atomic E-state index is 11.7. The Bertz CT molecular complexity index is 252. The van der Waals surface area contributed by atoms with Gasteiger partial charge >= 0.3 is 0 Å². The Morgan fingerprint density at radius 2 is 2.05 bits per heavy atom. The highest BCUT2D eigenvalue weighted by Crippen LogP contribution is 2.14. The molecule has 6 heteroatoms. The lowest BCUT2D eigenvalue weighted by Crippen LogP contribution is -2.43. The zero-order valence-electron chi connectivity index (χ0n) is 12.2. The highest BCUT2D eigenvalue weighted by Gasteiger charge is 2.18. The third-order valence-corrected chi connectivity index (χ3v) is 3.67. The molecule has 1 fully saturated rings. The minimum Gasteiger partial charge on any atom is -0.355 e. The molecule has 0 aromatic carbocycles. The molecular weight excluding hydrogens is 285 g/mol. The molecule has 1 heterocycles. The molecule has 116 valence electrons. The Balaban J connectivity index is 0. The van der Waals surface area contributed by atoms with E-state index >= 15 is 0 Å². The summed E-state index contributed by atoms with van der Waals surface area (Å²) < 4.78 is 0. The van der Waals surface area contributed by atoms with Crippen LogP contribution >= 0.6 is 24.8 Å². The Labute approximate surface area is 129 Å². The summed E-state index contributed by atoms with van der Waals surface area (Å²) in [5.41, 5.74) is 5.70. The molecular formula is C13H29Cl2N3O. The molecule has 4 nitrogen and oxygen atoms in total. The van der Waals surface area contributed by atoms with Crippen molar-refractivity contribution < 1.29 is 4.79 Å². The minimum absolute atomic E-state index is 0. The van der Waals surface area contributed by atoms with Crippen molar-refractivity contribution in [1.82, 2.24) is 10.2 Å². The van der Waals surface area contributed by atoms with E-state index in [4.69, 9.17) is 5.73 Å². The normalized spacial score (nSPS) is 22.6. The van der Waals surface area contributed by atoms with Gasteiger partial charge in [-0.1, -0.05) is 13.8 Å². The molecule has 0 aliphatic carbocycles.